The molecule has 1 saturated heterocycles. The van der Waals surface area contributed by atoms with Crippen LogP contribution in [-0.2, 0) is 4.79 Å². The van der Waals surface area contributed by atoms with Crippen LogP contribution in [-0.4, -0.2) is 34.6 Å². The fourth-order valence-electron chi connectivity index (χ4n) is 6.03. The smallest absolute Gasteiger partial charge is 0.309 e. The summed E-state index contributed by atoms with van der Waals surface area (Å²) in [5.74, 6) is 0.895. The molecule has 0 aromatic heterocycles. The number of carbonyl (C=O) groups is 1. The van der Waals surface area contributed by atoms with Crippen LogP contribution in [0.25, 0.3) is 0 Å². The molecule has 18 heavy (non-hydrogen) atoms. The Bertz CT molecular complexity index is 372. The zero-order valence-corrected chi connectivity index (χ0v) is 11.0. The molecule has 0 aromatic rings. The van der Waals surface area contributed by atoms with Crippen LogP contribution in [0.2, 0.25) is 0 Å². The number of hydrogen-bond donors (Lipinski definition) is 1. The molecule has 2 atom stereocenters. The summed E-state index contributed by atoms with van der Waals surface area (Å²) in [5.41, 5.74) is -0.0777. The zero-order valence-electron chi connectivity index (χ0n) is 11.0. The van der Waals surface area contributed by atoms with Gasteiger partial charge in [-0.15, -0.1) is 0 Å². The summed E-state index contributed by atoms with van der Waals surface area (Å²) >= 11 is 0. The van der Waals surface area contributed by atoms with Crippen LogP contribution in [0.5, 0.6) is 0 Å². The van der Waals surface area contributed by atoms with Gasteiger partial charge in [0.25, 0.3) is 0 Å². The molecule has 3 nitrogen and oxygen atoms in total. The molecule has 5 fully saturated rings. The van der Waals surface area contributed by atoms with Gasteiger partial charge in [0, 0.05) is 5.54 Å². The van der Waals surface area contributed by atoms with Gasteiger partial charge in [-0.05, 0) is 76.3 Å². The largest absolute Gasteiger partial charge is 0.481 e. The van der Waals surface area contributed by atoms with Crippen molar-refractivity contribution in [3.8, 4) is 0 Å². The lowest BCUT2D eigenvalue weighted by atomic mass is 9.46. The highest BCUT2D eigenvalue weighted by Gasteiger charge is 2.62. The van der Waals surface area contributed by atoms with E-state index < -0.39 is 5.97 Å². The Labute approximate surface area is 109 Å². The van der Waals surface area contributed by atoms with E-state index in [4.69, 9.17) is 0 Å². The Balaban J connectivity index is 1.71. The van der Waals surface area contributed by atoms with Gasteiger partial charge in [0.2, 0.25) is 0 Å². The molecule has 2 unspecified atom stereocenters. The van der Waals surface area contributed by atoms with Crippen molar-refractivity contribution < 1.29 is 9.90 Å². The van der Waals surface area contributed by atoms with Gasteiger partial charge in [0.05, 0.1) is 5.41 Å². The summed E-state index contributed by atoms with van der Waals surface area (Å²) in [5, 5.41) is 9.72. The van der Waals surface area contributed by atoms with E-state index in [1.807, 2.05) is 0 Å². The Morgan fingerprint density at radius 3 is 2.22 bits per heavy atom. The minimum atomic E-state index is -0.500. The summed E-state index contributed by atoms with van der Waals surface area (Å²) in [4.78, 5) is 14.5. The molecule has 5 rings (SSSR count). The molecule has 0 amide bonds. The van der Waals surface area contributed by atoms with Crippen molar-refractivity contribution in [2.24, 2.45) is 17.3 Å². The van der Waals surface area contributed by atoms with Gasteiger partial charge in [0.1, 0.15) is 0 Å². The molecule has 4 aliphatic carbocycles. The van der Waals surface area contributed by atoms with Gasteiger partial charge in [0.15, 0.2) is 0 Å². The minimum absolute atomic E-state index is 0.277. The molecule has 5 aliphatic rings. The molecule has 4 bridgehead atoms. The molecule has 1 heterocycles. The van der Waals surface area contributed by atoms with Crippen molar-refractivity contribution in [3.05, 3.63) is 0 Å². The van der Waals surface area contributed by atoms with Crippen molar-refractivity contribution in [2.45, 2.75) is 56.9 Å². The fourth-order valence-corrected chi connectivity index (χ4v) is 6.03. The molecule has 3 heteroatoms. The number of nitrogens with zero attached hydrogens (tertiary/aromatic N) is 1. The second-order valence-electron chi connectivity index (χ2n) is 7.47. The highest BCUT2D eigenvalue weighted by molar-refractivity contribution is 5.75. The van der Waals surface area contributed by atoms with E-state index in [1.165, 1.54) is 45.2 Å². The quantitative estimate of drug-likeness (QED) is 0.817. The number of likely N-dealkylation sites (tertiary alicyclic amines) is 1. The molecule has 0 radical (unpaired) electrons. The third kappa shape index (κ3) is 1.37. The van der Waals surface area contributed by atoms with Crippen LogP contribution in [0.15, 0.2) is 0 Å². The molecule has 1 aliphatic heterocycles. The predicted octanol–water partition coefficient (Wildman–Crippen LogP) is 2.51. The van der Waals surface area contributed by atoms with Gasteiger partial charge in [-0.25, -0.2) is 0 Å². The molecule has 0 aromatic carbocycles. The molecule has 100 valence electrons. The topological polar surface area (TPSA) is 40.5 Å². The van der Waals surface area contributed by atoms with Crippen molar-refractivity contribution in [3.63, 3.8) is 0 Å². The second-order valence-corrected chi connectivity index (χ2v) is 7.47. The van der Waals surface area contributed by atoms with E-state index >= 15 is 0 Å². The average molecular weight is 249 g/mol. The van der Waals surface area contributed by atoms with Crippen LogP contribution in [0.1, 0.15) is 51.4 Å². The van der Waals surface area contributed by atoms with Crippen molar-refractivity contribution in [1.82, 2.24) is 4.90 Å². The van der Waals surface area contributed by atoms with E-state index in [0.29, 0.717) is 11.8 Å². The van der Waals surface area contributed by atoms with Crippen LogP contribution >= 0.6 is 0 Å². The fraction of sp³-hybridized carbons (Fsp3) is 0.933. The number of aliphatic carboxylic acids is 1. The average Bonchev–Trinajstić information content (AvgIpc) is 2.80. The maximum absolute atomic E-state index is 11.8. The predicted molar refractivity (Wildman–Crippen MR) is 68.3 cm³/mol. The van der Waals surface area contributed by atoms with E-state index in [9.17, 15) is 9.90 Å². The standard InChI is InChI=1S/C15H23NO2/c17-13(18)14-6-11-5-12(7-14)9-15(8-11,10-14)16-3-1-2-4-16/h11-12H,1-10H2,(H,17,18). The van der Waals surface area contributed by atoms with Crippen molar-refractivity contribution in [1.29, 1.82) is 0 Å². The lowest BCUT2D eigenvalue weighted by Gasteiger charge is -2.63. The van der Waals surface area contributed by atoms with Crippen molar-refractivity contribution >= 4 is 5.97 Å². The third-order valence-electron chi connectivity index (χ3n) is 6.26. The summed E-state index contributed by atoms with van der Waals surface area (Å²) < 4.78 is 0. The second kappa shape index (κ2) is 3.50. The first-order valence-electron chi connectivity index (χ1n) is 7.60. The number of carboxylic acid groups (broad SMARTS) is 1. The Morgan fingerprint density at radius 1 is 1.06 bits per heavy atom. The van der Waals surface area contributed by atoms with Crippen LogP contribution in [0.4, 0.5) is 0 Å². The lowest BCUT2D eigenvalue weighted by molar-refractivity contribution is -0.177. The SMILES string of the molecule is O=C(O)C12CC3CC(C1)CC(N1CCCC1)(C3)C2. The van der Waals surface area contributed by atoms with Gasteiger partial charge < -0.3 is 5.11 Å². The molecular formula is C15H23NO2. The third-order valence-corrected chi connectivity index (χ3v) is 6.26. The Morgan fingerprint density at radius 2 is 1.67 bits per heavy atom. The molecule has 4 saturated carbocycles. The van der Waals surface area contributed by atoms with Gasteiger partial charge >= 0.3 is 5.97 Å². The number of carboxylic acids is 1. The van der Waals surface area contributed by atoms with Crippen LogP contribution in [0.3, 0.4) is 0 Å². The maximum Gasteiger partial charge on any atom is 0.309 e. The molecule has 0 spiro atoms. The summed E-state index contributed by atoms with van der Waals surface area (Å²) in [6, 6.07) is 0. The first-order chi connectivity index (χ1) is 8.62. The first kappa shape index (κ1) is 11.3. The van der Waals surface area contributed by atoms with E-state index in [1.54, 1.807) is 0 Å². The van der Waals surface area contributed by atoms with E-state index in [2.05, 4.69) is 4.90 Å². The summed E-state index contributed by atoms with van der Waals surface area (Å²) in [6.45, 7) is 2.43. The monoisotopic (exact) mass is 249 g/mol. The normalized spacial score (nSPS) is 50.9. The van der Waals surface area contributed by atoms with Gasteiger partial charge in [-0.3, -0.25) is 9.69 Å². The first-order valence-corrected chi connectivity index (χ1v) is 7.60. The highest BCUT2D eigenvalue weighted by Crippen LogP contribution is 2.63. The van der Waals surface area contributed by atoms with Gasteiger partial charge in [-0.2, -0.15) is 0 Å². The van der Waals surface area contributed by atoms with Gasteiger partial charge in [-0.1, -0.05) is 0 Å². The zero-order chi connectivity index (χ0) is 12.4. The highest BCUT2D eigenvalue weighted by atomic mass is 16.4. The minimum Gasteiger partial charge on any atom is -0.481 e. The van der Waals surface area contributed by atoms with Crippen LogP contribution < -0.4 is 0 Å². The summed E-state index contributed by atoms with van der Waals surface area (Å²) in [7, 11) is 0. The summed E-state index contributed by atoms with van der Waals surface area (Å²) in [6.07, 6.45) is 9.40. The Hall–Kier alpha value is -0.570. The molecular weight excluding hydrogens is 226 g/mol. The maximum atomic E-state index is 11.8. The van der Waals surface area contributed by atoms with E-state index in [0.717, 1.165) is 19.3 Å². The number of rotatable bonds is 2. The lowest BCUT2D eigenvalue weighted by Crippen LogP contribution is -2.64. The number of hydrogen-bond acceptors (Lipinski definition) is 2. The Kier molecular flexibility index (Phi) is 2.19. The van der Waals surface area contributed by atoms with Crippen molar-refractivity contribution in [2.75, 3.05) is 13.1 Å². The van der Waals surface area contributed by atoms with E-state index in [-0.39, 0.29) is 11.0 Å². The molecule has 1 N–H and O–H groups in total. The van der Waals surface area contributed by atoms with Crippen LogP contribution in [0, 0.1) is 17.3 Å².